The summed E-state index contributed by atoms with van der Waals surface area (Å²) >= 11 is 0. The van der Waals surface area contributed by atoms with Gasteiger partial charge in [-0.2, -0.15) is 5.10 Å². The smallest absolute Gasteiger partial charge is 0.257 e. The lowest BCUT2D eigenvalue weighted by molar-refractivity contribution is -0.0886. The zero-order valence-electron chi connectivity index (χ0n) is 13.1. The largest absolute Gasteiger partial charge is 0.490 e. The number of amides is 1. The van der Waals surface area contributed by atoms with Gasteiger partial charge in [0, 0.05) is 31.1 Å². The van der Waals surface area contributed by atoms with Crippen molar-refractivity contribution in [3.05, 3.63) is 48.3 Å². The fourth-order valence-corrected chi connectivity index (χ4v) is 3.10. The first-order valence-corrected chi connectivity index (χ1v) is 7.48. The van der Waals surface area contributed by atoms with E-state index in [0.29, 0.717) is 5.56 Å². The third-order valence-corrected chi connectivity index (χ3v) is 4.68. The van der Waals surface area contributed by atoms with Gasteiger partial charge < -0.3 is 9.64 Å². The van der Waals surface area contributed by atoms with Crippen LogP contribution >= 0.6 is 0 Å². The summed E-state index contributed by atoms with van der Waals surface area (Å²) in [6, 6.07) is 9.98. The van der Waals surface area contributed by atoms with Crippen molar-refractivity contribution in [1.82, 2.24) is 15.1 Å². The van der Waals surface area contributed by atoms with Crippen LogP contribution < -0.4 is 4.74 Å². The van der Waals surface area contributed by atoms with E-state index >= 15 is 0 Å². The SMILES string of the molecule is CN(C(=O)c1cn[nH]c1)[C@@H]1C[C@@H](Oc2ccccc2)C1(C)C. The van der Waals surface area contributed by atoms with Crippen LogP contribution in [-0.4, -0.2) is 40.2 Å². The number of benzene rings is 1. The van der Waals surface area contributed by atoms with Crippen LogP contribution in [0.1, 0.15) is 30.6 Å². The molecule has 5 nitrogen and oxygen atoms in total. The summed E-state index contributed by atoms with van der Waals surface area (Å²) < 4.78 is 6.06. The Labute approximate surface area is 130 Å². The number of hydrogen-bond donors (Lipinski definition) is 1. The Hall–Kier alpha value is -2.30. The number of aromatic amines is 1. The van der Waals surface area contributed by atoms with Crippen molar-refractivity contribution in [2.45, 2.75) is 32.4 Å². The fraction of sp³-hybridized carbons (Fsp3) is 0.412. The van der Waals surface area contributed by atoms with Gasteiger partial charge in [-0.05, 0) is 12.1 Å². The third-order valence-electron chi connectivity index (χ3n) is 4.68. The minimum absolute atomic E-state index is 0.00927. The van der Waals surface area contributed by atoms with Crippen LogP contribution in [0.15, 0.2) is 42.7 Å². The Kier molecular flexibility index (Phi) is 3.64. The van der Waals surface area contributed by atoms with E-state index in [1.807, 2.05) is 37.4 Å². The molecule has 1 fully saturated rings. The van der Waals surface area contributed by atoms with Gasteiger partial charge in [-0.15, -0.1) is 0 Å². The Bertz CT molecular complexity index is 637. The van der Waals surface area contributed by atoms with Crippen LogP contribution in [0.4, 0.5) is 0 Å². The topological polar surface area (TPSA) is 58.2 Å². The number of rotatable bonds is 4. The number of H-pyrrole nitrogens is 1. The molecule has 1 N–H and O–H groups in total. The highest BCUT2D eigenvalue weighted by atomic mass is 16.5. The molecular weight excluding hydrogens is 278 g/mol. The lowest BCUT2D eigenvalue weighted by Gasteiger charge is -2.54. The Morgan fingerprint density at radius 2 is 2.09 bits per heavy atom. The zero-order valence-corrected chi connectivity index (χ0v) is 13.1. The molecule has 1 aromatic carbocycles. The second-order valence-corrected chi connectivity index (χ2v) is 6.40. The molecule has 1 heterocycles. The molecule has 2 atom stereocenters. The maximum Gasteiger partial charge on any atom is 0.257 e. The van der Waals surface area contributed by atoms with Gasteiger partial charge in [0.25, 0.3) is 5.91 Å². The average Bonchev–Trinajstić information content (AvgIpc) is 3.05. The maximum atomic E-state index is 12.4. The van der Waals surface area contributed by atoms with E-state index in [1.165, 1.54) is 0 Å². The predicted molar refractivity (Wildman–Crippen MR) is 83.7 cm³/mol. The first-order valence-electron chi connectivity index (χ1n) is 7.48. The van der Waals surface area contributed by atoms with Gasteiger partial charge in [0.1, 0.15) is 11.9 Å². The van der Waals surface area contributed by atoms with Gasteiger partial charge in [0.15, 0.2) is 0 Å². The molecule has 2 aromatic rings. The van der Waals surface area contributed by atoms with Crippen molar-refractivity contribution in [1.29, 1.82) is 0 Å². The molecule has 1 saturated carbocycles. The predicted octanol–water partition coefficient (Wildman–Crippen LogP) is 2.73. The first-order chi connectivity index (χ1) is 10.5. The van der Waals surface area contributed by atoms with E-state index in [0.717, 1.165) is 12.2 Å². The van der Waals surface area contributed by atoms with Crippen molar-refractivity contribution >= 4 is 5.91 Å². The number of para-hydroxylation sites is 1. The van der Waals surface area contributed by atoms with E-state index in [9.17, 15) is 4.79 Å². The Morgan fingerprint density at radius 3 is 2.68 bits per heavy atom. The van der Waals surface area contributed by atoms with Crippen molar-refractivity contribution in [2.24, 2.45) is 5.41 Å². The van der Waals surface area contributed by atoms with Crippen molar-refractivity contribution in [3.8, 4) is 5.75 Å². The minimum atomic E-state index is -0.0933. The quantitative estimate of drug-likeness (QED) is 0.944. The molecule has 0 bridgehead atoms. The molecule has 0 unspecified atom stereocenters. The molecule has 1 aromatic heterocycles. The van der Waals surface area contributed by atoms with Gasteiger partial charge >= 0.3 is 0 Å². The summed E-state index contributed by atoms with van der Waals surface area (Å²) in [5.41, 5.74) is 0.495. The van der Waals surface area contributed by atoms with Gasteiger partial charge in [-0.3, -0.25) is 9.89 Å². The molecule has 0 aliphatic heterocycles. The first kappa shape index (κ1) is 14.6. The number of aromatic nitrogens is 2. The normalized spacial score (nSPS) is 22.7. The highest BCUT2D eigenvalue weighted by molar-refractivity contribution is 5.93. The van der Waals surface area contributed by atoms with Gasteiger partial charge in [-0.25, -0.2) is 0 Å². The molecule has 5 heteroatoms. The maximum absolute atomic E-state index is 12.4. The minimum Gasteiger partial charge on any atom is -0.490 e. The molecule has 3 rings (SSSR count). The highest BCUT2D eigenvalue weighted by Gasteiger charge is 2.53. The van der Waals surface area contributed by atoms with Crippen LogP contribution in [-0.2, 0) is 0 Å². The summed E-state index contributed by atoms with van der Waals surface area (Å²) in [5.74, 6) is 0.868. The van der Waals surface area contributed by atoms with Crippen LogP contribution in [0, 0.1) is 5.41 Å². The second kappa shape index (κ2) is 5.48. The van der Waals surface area contributed by atoms with Crippen molar-refractivity contribution < 1.29 is 9.53 Å². The van der Waals surface area contributed by atoms with Gasteiger partial charge in [-0.1, -0.05) is 32.0 Å². The van der Waals surface area contributed by atoms with Crippen LogP contribution in [0.5, 0.6) is 5.75 Å². The molecule has 116 valence electrons. The molecular formula is C17H21N3O2. The fourth-order valence-electron chi connectivity index (χ4n) is 3.10. The molecule has 22 heavy (non-hydrogen) atoms. The highest BCUT2D eigenvalue weighted by Crippen LogP contribution is 2.45. The van der Waals surface area contributed by atoms with Crippen LogP contribution in [0.3, 0.4) is 0 Å². The molecule has 0 radical (unpaired) electrons. The molecule has 1 amide bonds. The lowest BCUT2D eigenvalue weighted by Crippen LogP contribution is -2.63. The second-order valence-electron chi connectivity index (χ2n) is 6.40. The summed E-state index contributed by atoms with van der Waals surface area (Å²) in [7, 11) is 1.85. The van der Waals surface area contributed by atoms with Gasteiger partial charge in [0.2, 0.25) is 0 Å². The third kappa shape index (κ3) is 2.47. The monoisotopic (exact) mass is 299 g/mol. The number of nitrogens with one attached hydrogen (secondary N) is 1. The summed E-state index contributed by atoms with van der Waals surface area (Å²) in [4.78, 5) is 14.2. The average molecular weight is 299 g/mol. The molecule has 0 spiro atoms. The molecule has 1 aliphatic carbocycles. The number of ether oxygens (including phenoxy) is 1. The van der Waals surface area contributed by atoms with Crippen molar-refractivity contribution in [2.75, 3.05) is 7.05 Å². The Morgan fingerprint density at radius 1 is 1.36 bits per heavy atom. The Balaban J connectivity index is 1.67. The van der Waals surface area contributed by atoms with Crippen molar-refractivity contribution in [3.63, 3.8) is 0 Å². The van der Waals surface area contributed by atoms with Crippen LogP contribution in [0.25, 0.3) is 0 Å². The number of carbonyl (C=O) groups excluding carboxylic acids is 1. The van der Waals surface area contributed by atoms with E-state index in [-0.39, 0.29) is 23.5 Å². The summed E-state index contributed by atoms with van der Waals surface area (Å²) in [6.07, 6.45) is 4.13. The molecule has 1 aliphatic rings. The van der Waals surface area contributed by atoms with E-state index in [1.54, 1.807) is 17.3 Å². The zero-order chi connectivity index (χ0) is 15.7. The number of carbonyl (C=O) groups is 1. The van der Waals surface area contributed by atoms with E-state index in [2.05, 4.69) is 24.0 Å². The number of nitrogens with zero attached hydrogens (tertiary/aromatic N) is 2. The summed E-state index contributed by atoms with van der Waals surface area (Å²) in [6.45, 7) is 4.29. The van der Waals surface area contributed by atoms with Crippen LogP contribution in [0.2, 0.25) is 0 Å². The standard InChI is InChI=1S/C17H21N3O2/c1-17(2)14(20(3)16(21)12-10-18-19-11-12)9-15(17)22-13-7-5-4-6-8-13/h4-8,10-11,14-15H,9H2,1-3H3,(H,18,19)/t14-,15-/m1/s1. The lowest BCUT2D eigenvalue weighted by atomic mass is 9.63. The molecule has 0 saturated heterocycles. The van der Waals surface area contributed by atoms with E-state index < -0.39 is 0 Å². The van der Waals surface area contributed by atoms with Gasteiger partial charge in [0.05, 0.1) is 11.8 Å². The van der Waals surface area contributed by atoms with E-state index in [4.69, 9.17) is 4.74 Å². The summed E-state index contributed by atoms with van der Waals surface area (Å²) in [5, 5.41) is 6.52. The number of hydrogen-bond acceptors (Lipinski definition) is 3.